The van der Waals surface area contributed by atoms with Gasteiger partial charge in [-0.2, -0.15) is 0 Å². The van der Waals surface area contributed by atoms with Crippen LogP contribution in [-0.2, 0) is 14.3 Å². The fourth-order valence-corrected chi connectivity index (χ4v) is 1.92. The van der Waals surface area contributed by atoms with Crippen LogP contribution in [0.2, 0.25) is 0 Å². The minimum absolute atomic E-state index is 0.182. The van der Waals surface area contributed by atoms with E-state index >= 15 is 0 Å². The fraction of sp³-hybridized carbons (Fsp3) is 0.818. The Kier molecular flexibility index (Phi) is 5.25. The molecule has 2 N–H and O–H groups in total. The molecule has 1 heterocycles. The van der Waals surface area contributed by atoms with Gasteiger partial charge in [-0.25, -0.2) is 0 Å². The third kappa shape index (κ3) is 4.61. The van der Waals surface area contributed by atoms with Crippen LogP contribution in [0.25, 0.3) is 0 Å². The SMILES string of the molecule is CC(=O)NCC(CC1CCOCC1)C(=O)O. The summed E-state index contributed by atoms with van der Waals surface area (Å²) in [4.78, 5) is 21.7. The summed E-state index contributed by atoms with van der Waals surface area (Å²) in [5, 5.41) is 11.6. The van der Waals surface area contributed by atoms with Gasteiger partial charge in [0.15, 0.2) is 0 Å². The van der Waals surface area contributed by atoms with Crippen LogP contribution in [0.1, 0.15) is 26.2 Å². The Morgan fingerprint density at radius 3 is 2.56 bits per heavy atom. The second kappa shape index (κ2) is 6.48. The molecule has 0 bridgehead atoms. The zero-order valence-electron chi connectivity index (χ0n) is 9.57. The van der Waals surface area contributed by atoms with Gasteiger partial charge in [0.2, 0.25) is 5.91 Å². The van der Waals surface area contributed by atoms with E-state index in [4.69, 9.17) is 9.84 Å². The van der Waals surface area contributed by atoms with Crippen LogP contribution in [0.4, 0.5) is 0 Å². The van der Waals surface area contributed by atoms with Crippen molar-refractivity contribution in [1.82, 2.24) is 5.32 Å². The molecule has 0 aliphatic carbocycles. The van der Waals surface area contributed by atoms with Gasteiger partial charge < -0.3 is 15.2 Å². The van der Waals surface area contributed by atoms with Crippen molar-refractivity contribution in [2.45, 2.75) is 26.2 Å². The van der Waals surface area contributed by atoms with Crippen LogP contribution in [-0.4, -0.2) is 36.7 Å². The van der Waals surface area contributed by atoms with Gasteiger partial charge in [0.25, 0.3) is 0 Å². The van der Waals surface area contributed by atoms with Crippen LogP contribution in [0.3, 0.4) is 0 Å². The van der Waals surface area contributed by atoms with Crippen molar-refractivity contribution in [3.8, 4) is 0 Å². The standard InChI is InChI=1S/C11H19NO4/c1-8(13)12-7-10(11(14)15)6-9-2-4-16-5-3-9/h9-10H,2-7H2,1H3,(H,12,13)(H,14,15). The lowest BCUT2D eigenvalue weighted by Gasteiger charge is -2.24. The number of rotatable bonds is 5. The Hall–Kier alpha value is -1.10. The number of carbonyl (C=O) groups excluding carboxylic acids is 1. The molecule has 0 spiro atoms. The van der Waals surface area contributed by atoms with E-state index in [9.17, 15) is 9.59 Å². The van der Waals surface area contributed by atoms with E-state index in [-0.39, 0.29) is 12.5 Å². The van der Waals surface area contributed by atoms with Crippen molar-refractivity contribution in [2.75, 3.05) is 19.8 Å². The van der Waals surface area contributed by atoms with Crippen molar-refractivity contribution in [3.05, 3.63) is 0 Å². The molecule has 1 aliphatic heterocycles. The second-order valence-electron chi connectivity index (χ2n) is 4.26. The molecule has 5 nitrogen and oxygen atoms in total. The molecule has 1 fully saturated rings. The zero-order valence-corrected chi connectivity index (χ0v) is 9.57. The van der Waals surface area contributed by atoms with Crippen molar-refractivity contribution >= 4 is 11.9 Å². The van der Waals surface area contributed by atoms with Crippen LogP contribution in [0.15, 0.2) is 0 Å². The van der Waals surface area contributed by atoms with Gasteiger partial charge >= 0.3 is 5.97 Å². The molecule has 5 heteroatoms. The number of aliphatic carboxylic acids is 1. The summed E-state index contributed by atoms with van der Waals surface area (Å²) in [6, 6.07) is 0. The van der Waals surface area contributed by atoms with E-state index in [1.54, 1.807) is 0 Å². The normalized spacial score (nSPS) is 19.1. The smallest absolute Gasteiger partial charge is 0.308 e. The zero-order chi connectivity index (χ0) is 12.0. The molecule has 1 aliphatic rings. The molecule has 0 radical (unpaired) electrons. The molecule has 1 amide bonds. The van der Waals surface area contributed by atoms with Crippen LogP contribution >= 0.6 is 0 Å². The molecule has 92 valence electrons. The number of carboxylic acid groups (broad SMARTS) is 1. The van der Waals surface area contributed by atoms with Gasteiger partial charge in [-0.05, 0) is 25.2 Å². The van der Waals surface area contributed by atoms with Gasteiger partial charge in [-0.1, -0.05) is 0 Å². The minimum Gasteiger partial charge on any atom is -0.481 e. The van der Waals surface area contributed by atoms with E-state index in [0.717, 1.165) is 26.1 Å². The van der Waals surface area contributed by atoms with E-state index in [2.05, 4.69) is 5.32 Å². The van der Waals surface area contributed by atoms with E-state index in [0.29, 0.717) is 12.3 Å². The Morgan fingerprint density at radius 2 is 2.06 bits per heavy atom. The molecule has 0 saturated carbocycles. The lowest BCUT2D eigenvalue weighted by atomic mass is 9.89. The molecule has 1 unspecified atom stereocenters. The highest BCUT2D eigenvalue weighted by atomic mass is 16.5. The highest BCUT2D eigenvalue weighted by Crippen LogP contribution is 2.22. The van der Waals surface area contributed by atoms with Gasteiger partial charge in [0.1, 0.15) is 0 Å². The lowest BCUT2D eigenvalue weighted by molar-refractivity contribution is -0.142. The lowest BCUT2D eigenvalue weighted by Crippen LogP contribution is -2.33. The predicted molar refractivity (Wildman–Crippen MR) is 58.0 cm³/mol. The predicted octanol–water partition coefficient (Wildman–Crippen LogP) is 0.640. The fourth-order valence-electron chi connectivity index (χ4n) is 1.92. The first-order valence-corrected chi connectivity index (χ1v) is 5.64. The molecular weight excluding hydrogens is 210 g/mol. The van der Waals surface area contributed by atoms with E-state index < -0.39 is 11.9 Å². The third-order valence-corrected chi connectivity index (χ3v) is 2.91. The Labute approximate surface area is 95.2 Å². The Morgan fingerprint density at radius 1 is 1.44 bits per heavy atom. The Balaban J connectivity index is 2.37. The largest absolute Gasteiger partial charge is 0.481 e. The van der Waals surface area contributed by atoms with Gasteiger partial charge in [-0.15, -0.1) is 0 Å². The minimum atomic E-state index is -0.833. The number of carboxylic acids is 1. The van der Waals surface area contributed by atoms with Crippen LogP contribution in [0, 0.1) is 11.8 Å². The topological polar surface area (TPSA) is 75.6 Å². The van der Waals surface area contributed by atoms with Crippen molar-refractivity contribution in [1.29, 1.82) is 0 Å². The first-order valence-electron chi connectivity index (χ1n) is 5.64. The third-order valence-electron chi connectivity index (χ3n) is 2.91. The van der Waals surface area contributed by atoms with Crippen molar-refractivity contribution in [3.63, 3.8) is 0 Å². The average molecular weight is 229 g/mol. The first-order chi connectivity index (χ1) is 7.59. The number of carbonyl (C=O) groups is 2. The summed E-state index contributed by atoms with van der Waals surface area (Å²) in [7, 11) is 0. The summed E-state index contributed by atoms with van der Waals surface area (Å²) >= 11 is 0. The second-order valence-corrected chi connectivity index (χ2v) is 4.26. The molecule has 0 aromatic heterocycles. The number of nitrogens with one attached hydrogen (secondary N) is 1. The number of hydrogen-bond acceptors (Lipinski definition) is 3. The molecular formula is C11H19NO4. The summed E-state index contributed by atoms with van der Waals surface area (Å²) in [6.45, 7) is 3.06. The molecule has 1 saturated heterocycles. The number of hydrogen-bond donors (Lipinski definition) is 2. The van der Waals surface area contributed by atoms with Crippen LogP contribution in [0.5, 0.6) is 0 Å². The quantitative estimate of drug-likeness (QED) is 0.725. The van der Waals surface area contributed by atoms with E-state index in [1.165, 1.54) is 6.92 Å². The van der Waals surface area contributed by atoms with Crippen molar-refractivity contribution < 1.29 is 19.4 Å². The van der Waals surface area contributed by atoms with Gasteiger partial charge in [0.05, 0.1) is 5.92 Å². The molecule has 1 atom stereocenters. The maximum absolute atomic E-state index is 11.0. The summed E-state index contributed by atoms with van der Waals surface area (Å²) in [5.74, 6) is -1.09. The summed E-state index contributed by atoms with van der Waals surface area (Å²) in [6.07, 6.45) is 2.46. The molecule has 0 aromatic carbocycles. The molecule has 1 rings (SSSR count). The highest BCUT2D eigenvalue weighted by molar-refractivity contribution is 5.75. The maximum atomic E-state index is 11.0. The number of ether oxygens (including phenoxy) is 1. The maximum Gasteiger partial charge on any atom is 0.308 e. The average Bonchev–Trinajstić information content (AvgIpc) is 2.25. The highest BCUT2D eigenvalue weighted by Gasteiger charge is 2.24. The van der Waals surface area contributed by atoms with Crippen LogP contribution < -0.4 is 5.32 Å². The Bertz CT molecular complexity index is 248. The van der Waals surface area contributed by atoms with E-state index in [1.807, 2.05) is 0 Å². The summed E-state index contributed by atoms with van der Waals surface area (Å²) in [5.41, 5.74) is 0. The monoisotopic (exact) mass is 229 g/mol. The van der Waals surface area contributed by atoms with Gasteiger partial charge in [-0.3, -0.25) is 9.59 Å². The first kappa shape index (κ1) is 13.0. The molecule has 0 aromatic rings. The van der Waals surface area contributed by atoms with Gasteiger partial charge in [0, 0.05) is 26.7 Å². The number of amides is 1. The molecule has 16 heavy (non-hydrogen) atoms. The summed E-state index contributed by atoms with van der Waals surface area (Å²) < 4.78 is 5.22. The van der Waals surface area contributed by atoms with Crippen molar-refractivity contribution in [2.24, 2.45) is 11.8 Å².